The molecule has 1 aromatic carbocycles. The standard InChI is InChI=1S/C19H21F6NO5/c1-17(2,3)31-14(27)6-5-13(16(29)30-4)26-15(28)10-7-11(18(20,21)22)9-12(8-10)19(23,24)25/h7-9,13H,5-6H2,1-4H3,(H,26,28)/t13-/m0/s1. The molecule has 0 bridgehead atoms. The highest BCUT2D eigenvalue weighted by Gasteiger charge is 2.38. The van der Waals surface area contributed by atoms with Crippen LogP contribution in [0.4, 0.5) is 26.3 Å². The van der Waals surface area contributed by atoms with Crippen molar-refractivity contribution in [2.24, 2.45) is 0 Å². The van der Waals surface area contributed by atoms with Crippen LogP contribution >= 0.6 is 0 Å². The summed E-state index contributed by atoms with van der Waals surface area (Å²) in [7, 11) is 0.959. The molecule has 0 aliphatic rings. The predicted molar refractivity (Wildman–Crippen MR) is 94.8 cm³/mol. The molecule has 12 heteroatoms. The Morgan fingerprint density at radius 1 is 0.935 bits per heavy atom. The summed E-state index contributed by atoms with van der Waals surface area (Å²) in [5.41, 5.74) is -5.16. The van der Waals surface area contributed by atoms with E-state index in [0.29, 0.717) is 0 Å². The van der Waals surface area contributed by atoms with Crippen LogP contribution < -0.4 is 5.32 Å². The van der Waals surface area contributed by atoms with Gasteiger partial charge in [-0.25, -0.2) is 4.79 Å². The van der Waals surface area contributed by atoms with E-state index in [4.69, 9.17) is 4.74 Å². The first kappa shape index (κ1) is 26.2. The van der Waals surface area contributed by atoms with E-state index in [-0.39, 0.29) is 31.0 Å². The molecule has 31 heavy (non-hydrogen) atoms. The fraction of sp³-hybridized carbons (Fsp3) is 0.526. The summed E-state index contributed by atoms with van der Waals surface area (Å²) in [6.45, 7) is 4.78. The Morgan fingerprint density at radius 3 is 1.81 bits per heavy atom. The maximum Gasteiger partial charge on any atom is 0.416 e. The van der Waals surface area contributed by atoms with Gasteiger partial charge in [0, 0.05) is 12.0 Å². The highest BCUT2D eigenvalue weighted by molar-refractivity contribution is 5.97. The van der Waals surface area contributed by atoms with Crippen molar-refractivity contribution in [2.75, 3.05) is 7.11 Å². The third-order valence-electron chi connectivity index (χ3n) is 3.70. The average Bonchev–Trinajstić information content (AvgIpc) is 2.61. The normalized spacial score (nSPS) is 13.4. The number of nitrogens with one attached hydrogen (secondary N) is 1. The van der Waals surface area contributed by atoms with Crippen LogP contribution in [0.15, 0.2) is 18.2 Å². The van der Waals surface area contributed by atoms with Gasteiger partial charge in [-0.3, -0.25) is 9.59 Å². The van der Waals surface area contributed by atoms with Crippen molar-refractivity contribution in [1.29, 1.82) is 0 Å². The Morgan fingerprint density at radius 2 is 1.42 bits per heavy atom. The lowest BCUT2D eigenvalue weighted by atomic mass is 10.0. The molecule has 0 aliphatic heterocycles. The zero-order valence-corrected chi connectivity index (χ0v) is 17.0. The summed E-state index contributed by atoms with van der Waals surface area (Å²) in [6, 6.07) is -1.18. The first-order valence-corrected chi connectivity index (χ1v) is 8.84. The number of alkyl halides is 6. The summed E-state index contributed by atoms with van der Waals surface area (Å²) >= 11 is 0. The zero-order chi connectivity index (χ0) is 24.2. The number of carbonyl (C=O) groups excluding carboxylic acids is 3. The third-order valence-corrected chi connectivity index (χ3v) is 3.70. The van der Waals surface area contributed by atoms with Gasteiger partial charge in [0.2, 0.25) is 0 Å². The molecule has 1 amide bonds. The number of hydrogen-bond acceptors (Lipinski definition) is 5. The Bertz CT molecular complexity index is 794. The molecule has 1 aromatic rings. The van der Waals surface area contributed by atoms with Gasteiger partial charge in [-0.05, 0) is 45.4 Å². The van der Waals surface area contributed by atoms with Crippen LogP contribution in [0.1, 0.15) is 55.1 Å². The van der Waals surface area contributed by atoms with Crippen molar-refractivity contribution in [3.8, 4) is 0 Å². The quantitative estimate of drug-likeness (QED) is 0.514. The lowest BCUT2D eigenvalue weighted by Crippen LogP contribution is -2.42. The SMILES string of the molecule is COC(=O)[C@H](CCC(=O)OC(C)(C)C)NC(=O)c1cc(C(F)(F)F)cc(C(F)(F)F)c1. The summed E-state index contributed by atoms with van der Waals surface area (Å²) in [5, 5.41) is 2.00. The molecule has 0 fully saturated rings. The minimum Gasteiger partial charge on any atom is -0.467 e. The van der Waals surface area contributed by atoms with Crippen LogP contribution in [0.5, 0.6) is 0 Å². The van der Waals surface area contributed by atoms with E-state index >= 15 is 0 Å². The van der Waals surface area contributed by atoms with Gasteiger partial charge in [-0.1, -0.05) is 0 Å². The Labute approximate surface area is 173 Å². The van der Waals surface area contributed by atoms with Gasteiger partial charge < -0.3 is 14.8 Å². The van der Waals surface area contributed by atoms with Crippen LogP contribution in [0, 0.1) is 0 Å². The van der Waals surface area contributed by atoms with Crippen LogP contribution in [-0.4, -0.2) is 36.6 Å². The van der Waals surface area contributed by atoms with Gasteiger partial charge in [-0.2, -0.15) is 26.3 Å². The number of carbonyl (C=O) groups is 3. The van der Waals surface area contributed by atoms with Gasteiger partial charge in [0.25, 0.3) is 5.91 Å². The van der Waals surface area contributed by atoms with Crippen LogP contribution in [-0.2, 0) is 31.4 Å². The highest BCUT2D eigenvalue weighted by atomic mass is 19.4. The van der Waals surface area contributed by atoms with E-state index in [1.54, 1.807) is 20.8 Å². The van der Waals surface area contributed by atoms with E-state index < -0.39 is 58.5 Å². The van der Waals surface area contributed by atoms with Crippen molar-refractivity contribution in [3.05, 3.63) is 34.9 Å². The minimum absolute atomic E-state index is 0.128. The van der Waals surface area contributed by atoms with E-state index in [1.807, 2.05) is 5.32 Å². The smallest absolute Gasteiger partial charge is 0.416 e. The predicted octanol–water partition coefficient (Wildman–Crippen LogP) is 4.12. The van der Waals surface area contributed by atoms with E-state index in [0.717, 1.165) is 7.11 Å². The zero-order valence-electron chi connectivity index (χ0n) is 17.0. The molecule has 0 aromatic heterocycles. The average molecular weight is 457 g/mol. The monoisotopic (exact) mass is 457 g/mol. The molecule has 0 heterocycles. The van der Waals surface area contributed by atoms with Crippen LogP contribution in [0.25, 0.3) is 0 Å². The molecule has 0 saturated heterocycles. The highest BCUT2D eigenvalue weighted by Crippen LogP contribution is 2.36. The van der Waals surface area contributed by atoms with E-state index in [2.05, 4.69) is 4.74 Å². The third kappa shape index (κ3) is 8.46. The lowest BCUT2D eigenvalue weighted by Gasteiger charge is -2.21. The fourth-order valence-corrected chi connectivity index (χ4v) is 2.37. The second-order valence-corrected chi connectivity index (χ2v) is 7.47. The summed E-state index contributed by atoms with van der Waals surface area (Å²) in [5.74, 6) is -3.15. The summed E-state index contributed by atoms with van der Waals surface area (Å²) < 4.78 is 87.3. The number of benzene rings is 1. The van der Waals surface area contributed by atoms with Gasteiger partial charge in [-0.15, -0.1) is 0 Å². The first-order chi connectivity index (χ1) is 13.9. The Kier molecular flexibility index (Phi) is 8.10. The number of halogens is 6. The van der Waals surface area contributed by atoms with E-state index in [1.165, 1.54) is 0 Å². The molecular formula is C19H21F6NO5. The molecule has 1 atom stereocenters. The molecule has 6 nitrogen and oxygen atoms in total. The second kappa shape index (κ2) is 9.56. The largest absolute Gasteiger partial charge is 0.467 e. The second-order valence-electron chi connectivity index (χ2n) is 7.47. The fourth-order valence-electron chi connectivity index (χ4n) is 2.37. The van der Waals surface area contributed by atoms with Gasteiger partial charge in [0.05, 0.1) is 18.2 Å². The Balaban J connectivity index is 3.13. The number of esters is 2. The van der Waals surface area contributed by atoms with E-state index in [9.17, 15) is 40.7 Å². The maximum absolute atomic E-state index is 13.0. The molecule has 1 N–H and O–H groups in total. The molecule has 174 valence electrons. The molecule has 0 radical (unpaired) electrons. The van der Waals surface area contributed by atoms with Gasteiger partial charge in [0.15, 0.2) is 0 Å². The molecule has 0 spiro atoms. The molecule has 0 saturated carbocycles. The number of amides is 1. The molecule has 0 aliphatic carbocycles. The lowest BCUT2D eigenvalue weighted by molar-refractivity contribution is -0.155. The first-order valence-electron chi connectivity index (χ1n) is 8.84. The molecule has 1 rings (SSSR count). The van der Waals surface area contributed by atoms with Crippen molar-refractivity contribution in [1.82, 2.24) is 5.32 Å². The Hall–Kier alpha value is -2.79. The minimum atomic E-state index is -5.14. The number of rotatable bonds is 6. The molecule has 0 unspecified atom stereocenters. The van der Waals surface area contributed by atoms with Crippen molar-refractivity contribution < 1.29 is 50.2 Å². The summed E-state index contributed by atoms with van der Waals surface area (Å²) in [6.07, 6.45) is -11.0. The van der Waals surface area contributed by atoms with Crippen molar-refractivity contribution in [3.63, 3.8) is 0 Å². The van der Waals surface area contributed by atoms with Crippen molar-refractivity contribution >= 4 is 17.8 Å². The number of methoxy groups -OCH3 is 1. The van der Waals surface area contributed by atoms with Crippen molar-refractivity contribution in [2.45, 2.75) is 57.6 Å². The summed E-state index contributed by atoms with van der Waals surface area (Å²) in [4.78, 5) is 36.0. The van der Waals surface area contributed by atoms with Gasteiger partial charge in [0.1, 0.15) is 11.6 Å². The maximum atomic E-state index is 13.0. The topological polar surface area (TPSA) is 81.7 Å². The number of hydrogen-bond donors (Lipinski definition) is 1. The number of ether oxygens (including phenoxy) is 2. The van der Waals surface area contributed by atoms with Crippen LogP contribution in [0.3, 0.4) is 0 Å². The van der Waals surface area contributed by atoms with Gasteiger partial charge >= 0.3 is 24.3 Å². The molecular weight excluding hydrogens is 436 g/mol. The van der Waals surface area contributed by atoms with Crippen LogP contribution in [0.2, 0.25) is 0 Å².